The fourth-order valence-electron chi connectivity index (χ4n) is 1.77. The summed E-state index contributed by atoms with van der Waals surface area (Å²) >= 11 is 11.5. The lowest BCUT2D eigenvalue weighted by Gasteiger charge is -2.12. The van der Waals surface area contributed by atoms with Crippen molar-refractivity contribution in [2.24, 2.45) is 0 Å². The van der Waals surface area contributed by atoms with E-state index in [1.54, 1.807) is 24.3 Å². The van der Waals surface area contributed by atoms with Gasteiger partial charge in [-0.1, -0.05) is 47.5 Å². The average Bonchev–Trinajstić information content (AvgIpc) is 2.32. The molecule has 1 N–H and O–H groups in total. The molecular formula is C14H11Cl2FO. The van der Waals surface area contributed by atoms with Gasteiger partial charge in [0.25, 0.3) is 0 Å². The fourth-order valence-corrected chi connectivity index (χ4v) is 2.17. The number of rotatable bonds is 3. The second kappa shape index (κ2) is 5.70. The number of aliphatic hydroxyl groups excluding tert-OH is 1. The van der Waals surface area contributed by atoms with Crippen LogP contribution in [0.5, 0.6) is 0 Å². The molecule has 0 amide bonds. The van der Waals surface area contributed by atoms with Crippen molar-refractivity contribution in [3.8, 4) is 0 Å². The Hall–Kier alpha value is -1.09. The summed E-state index contributed by atoms with van der Waals surface area (Å²) in [4.78, 5) is 0. The van der Waals surface area contributed by atoms with E-state index in [0.29, 0.717) is 5.02 Å². The number of hydrogen-bond acceptors (Lipinski definition) is 1. The Kier molecular flexibility index (Phi) is 4.23. The smallest absolute Gasteiger partial charge is 0.147 e. The molecule has 0 aliphatic heterocycles. The maximum atomic E-state index is 13.7. The van der Waals surface area contributed by atoms with Gasteiger partial charge >= 0.3 is 0 Å². The highest BCUT2D eigenvalue weighted by Gasteiger charge is 2.15. The molecule has 2 rings (SSSR count). The molecule has 1 nitrogen and oxygen atoms in total. The molecule has 0 saturated carbocycles. The summed E-state index contributed by atoms with van der Waals surface area (Å²) in [5, 5.41) is 10.6. The van der Waals surface area contributed by atoms with Crippen molar-refractivity contribution >= 4 is 23.2 Å². The van der Waals surface area contributed by atoms with Crippen LogP contribution in [0.4, 0.5) is 4.39 Å². The minimum absolute atomic E-state index is 0.0117. The molecule has 0 aromatic heterocycles. The Labute approximate surface area is 115 Å². The molecule has 0 fully saturated rings. The number of aliphatic hydroxyl groups is 1. The van der Waals surface area contributed by atoms with E-state index in [0.717, 1.165) is 5.56 Å². The maximum Gasteiger partial charge on any atom is 0.147 e. The molecule has 0 bridgehead atoms. The zero-order valence-electron chi connectivity index (χ0n) is 9.41. The largest absolute Gasteiger partial charge is 0.388 e. The van der Waals surface area contributed by atoms with E-state index in [1.807, 2.05) is 6.07 Å². The van der Waals surface area contributed by atoms with E-state index in [9.17, 15) is 9.50 Å². The van der Waals surface area contributed by atoms with E-state index in [-0.39, 0.29) is 17.0 Å². The van der Waals surface area contributed by atoms with Crippen molar-refractivity contribution in [2.45, 2.75) is 12.5 Å². The average molecular weight is 285 g/mol. The van der Waals surface area contributed by atoms with Gasteiger partial charge in [0.05, 0.1) is 11.1 Å². The first-order valence-corrected chi connectivity index (χ1v) is 6.20. The quantitative estimate of drug-likeness (QED) is 0.885. The van der Waals surface area contributed by atoms with Crippen LogP contribution >= 0.6 is 23.2 Å². The first-order valence-electron chi connectivity index (χ1n) is 5.44. The summed E-state index contributed by atoms with van der Waals surface area (Å²) in [6.07, 6.45) is -0.653. The first kappa shape index (κ1) is 13.3. The third-order valence-corrected chi connectivity index (χ3v) is 3.19. The van der Waals surface area contributed by atoms with Gasteiger partial charge in [-0.25, -0.2) is 4.39 Å². The molecular weight excluding hydrogens is 274 g/mol. The van der Waals surface area contributed by atoms with Crippen LogP contribution in [0.2, 0.25) is 10.0 Å². The molecule has 0 saturated heterocycles. The maximum absolute atomic E-state index is 13.7. The van der Waals surface area contributed by atoms with Gasteiger partial charge in [-0.2, -0.15) is 0 Å². The molecule has 1 atom stereocenters. The zero-order chi connectivity index (χ0) is 13.1. The molecule has 0 heterocycles. The van der Waals surface area contributed by atoms with Crippen molar-refractivity contribution in [2.75, 3.05) is 0 Å². The van der Waals surface area contributed by atoms with Crippen molar-refractivity contribution in [1.82, 2.24) is 0 Å². The summed E-state index contributed by atoms with van der Waals surface area (Å²) in [5.41, 5.74) is 1.04. The molecule has 0 aliphatic carbocycles. The summed E-state index contributed by atoms with van der Waals surface area (Å²) < 4.78 is 13.7. The highest BCUT2D eigenvalue weighted by Crippen LogP contribution is 2.26. The van der Waals surface area contributed by atoms with Gasteiger partial charge in [0.15, 0.2) is 0 Å². The molecule has 0 spiro atoms. The van der Waals surface area contributed by atoms with Crippen LogP contribution < -0.4 is 0 Å². The second-order valence-electron chi connectivity index (χ2n) is 3.99. The summed E-state index contributed by atoms with van der Waals surface area (Å²) in [6, 6.07) is 11.7. The molecule has 18 heavy (non-hydrogen) atoms. The third-order valence-electron chi connectivity index (χ3n) is 2.66. The van der Waals surface area contributed by atoms with E-state index in [4.69, 9.17) is 23.2 Å². The molecule has 94 valence electrons. The van der Waals surface area contributed by atoms with Crippen molar-refractivity contribution in [3.63, 3.8) is 0 Å². The Morgan fingerprint density at radius 3 is 2.56 bits per heavy atom. The molecule has 1 unspecified atom stereocenters. The predicted octanol–water partition coefficient (Wildman–Crippen LogP) is 4.41. The standard InChI is InChI=1S/C14H11Cl2FO/c15-10-4-1-3-9(7-10)8-13(18)11-5-2-6-12(16)14(11)17/h1-7,13,18H,8H2. The highest BCUT2D eigenvalue weighted by atomic mass is 35.5. The summed E-state index contributed by atoms with van der Waals surface area (Å²) in [5.74, 6) is -0.575. The molecule has 0 radical (unpaired) electrons. The molecule has 4 heteroatoms. The summed E-state index contributed by atoms with van der Waals surface area (Å²) in [6.45, 7) is 0. The zero-order valence-corrected chi connectivity index (χ0v) is 10.9. The monoisotopic (exact) mass is 284 g/mol. The topological polar surface area (TPSA) is 20.2 Å². The molecule has 2 aromatic carbocycles. The number of halogens is 3. The lowest BCUT2D eigenvalue weighted by molar-refractivity contribution is 0.173. The minimum Gasteiger partial charge on any atom is -0.388 e. The van der Waals surface area contributed by atoms with Gasteiger partial charge in [0, 0.05) is 17.0 Å². The Balaban J connectivity index is 2.22. The van der Waals surface area contributed by atoms with Crippen LogP contribution in [-0.2, 0) is 6.42 Å². The lowest BCUT2D eigenvalue weighted by atomic mass is 10.0. The second-order valence-corrected chi connectivity index (χ2v) is 4.84. The minimum atomic E-state index is -0.942. The Bertz CT molecular complexity index is 557. The van der Waals surface area contributed by atoms with Gasteiger partial charge in [0.2, 0.25) is 0 Å². The Morgan fingerprint density at radius 2 is 1.83 bits per heavy atom. The van der Waals surface area contributed by atoms with Gasteiger partial charge in [0.1, 0.15) is 5.82 Å². The van der Waals surface area contributed by atoms with Crippen LogP contribution in [0.15, 0.2) is 42.5 Å². The summed E-state index contributed by atoms with van der Waals surface area (Å²) in [7, 11) is 0. The molecule has 2 aromatic rings. The van der Waals surface area contributed by atoms with Gasteiger partial charge in [-0.3, -0.25) is 0 Å². The normalized spacial score (nSPS) is 12.4. The van der Waals surface area contributed by atoms with E-state index >= 15 is 0 Å². The number of benzene rings is 2. The third kappa shape index (κ3) is 3.02. The van der Waals surface area contributed by atoms with Gasteiger partial charge in [-0.15, -0.1) is 0 Å². The lowest BCUT2D eigenvalue weighted by Crippen LogP contribution is -2.04. The van der Waals surface area contributed by atoms with Crippen LogP contribution in [0.25, 0.3) is 0 Å². The van der Waals surface area contributed by atoms with Crippen molar-refractivity contribution < 1.29 is 9.50 Å². The van der Waals surface area contributed by atoms with Crippen molar-refractivity contribution in [3.05, 3.63) is 69.5 Å². The van der Waals surface area contributed by atoms with E-state index in [1.165, 1.54) is 12.1 Å². The van der Waals surface area contributed by atoms with Crippen LogP contribution in [0, 0.1) is 5.82 Å². The number of hydrogen-bond donors (Lipinski definition) is 1. The molecule has 0 aliphatic rings. The van der Waals surface area contributed by atoms with Crippen LogP contribution in [0.1, 0.15) is 17.2 Å². The van der Waals surface area contributed by atoms with Crippen LogP contribution in [0.3, 0.4) is 0 Å². The van der Waals surface area contributed by atoms with Gasteiger partial charge < -0.3 is 5.11 Å². The predicted molar refractivity (Wildman–Crippen MR) is 71.5 cm³/mol. The van der Waals surface area contributed by atoms with E-state index < -0.39 is 11.9 Å². The Morgan fingerprint density at radius 1 is 1.11 bits per heavy atom. The van der Waals surface area contributed by atoms with E-state index in [2.05, 4.69) is 0 Å². The fraction of sp³-hybridized carbons (Fsp3) is 0.143. The SMILES string of the molecule is OC(Cc1cccc(Cl)c1)c1cccc(Cl)c1F. The van der Waals surface area contributed by atoms with Gasteiger partial charge in [-0.05, 0) is 23.8 Å². The highest BCUT2D eigenvalue weighted by molar-refractivity contribution is 6.31. The first-order chi connectivity index (χ1) is 8.58. The van der Waals surface area contributed by atoms with Crippen LogP contribution in [-0.4, -0.2) is 5.11 Å². The van der Waals surface area contributed by atoms with Crippen molar-refractivity contribution in [1.29, 1.82) is 0 Å².